The summed E-state index contributed by atoms with van der Waals surface area (Å²) >= 11 is 0. The number of ether oxygens (including phenoxy) is 1. The first-order valence-corrected chi connectivity index (χ1v) is 8.39. The highest BCUT2D eigenvalue weighted by atomic mass is 32.2. The van der Waals surface area contributed by atoms with E-state index in [1.165, 1.54) is 37.4 Å². The average Bonchev–Trinajstić information content (AvgIpc) is 2.62. The number of benzene rings is 2. The number of methoxy groups -OCH3 is 1. The number of aryl methyl sites for hydroxylation is 1. The van der Waals surface area contributed by atoms with Crippen LogP contribution in [0.15, 0.2) is 52.5 Å². The van der Waals surface area contributed by atoms with Crippen molar-refractivity contribution >= 4 is 15.8 Å². The topological polar surface area (TPSA) is 113 Å². The van der Waals surface area contributed by atoms with Crippen LogP contribution >= 0.6 is 0 Å². The highest BCUT2D eigenvalue weighted by molar-refractivity contribution is 7.86. The molecule has 2 rings (SSSR count). The number of hydrogen-bond acceptors (Lipinski definition) is 7. The number of nitriles is 2. The molecule has 0 spiro atoms. The Labute approximate surface area is 145 Å². The van der Waals surface area contributed by atoms with Crippen LogP contribution in [0.3, 0.4) is 0 Å². The summed E-state index contributed by atoms with van der Waals surface area (Å²) in [6.07, 6.45) is 0. The van der Waals surface area contributed by atoms with Gasteiger partial charge in [0.15, 0.2) is 5.71 Å². The molecule has 0 amide bonds. The second-order valence-electron chi connectivity index (χ2n) is 4.92. The zero-order valence-electron chi connectivity index (χ0n) is 13.4. The quantitative estimate of drug-likeness (QED) is 0.601. The molecule has 0 radical (unpaired) electrons. The lowest BCUT2D eigenvalue weighted by molar-refractivity contribution is 0.339. The van der Waals surface area contributed by atoms with Gasteiger partial charge in [-0.25, -0.2) is 0 Å². The first kappa shape index (κ1) is 18.0. The molecule has 0 saturated carbocycles. The van der Waals surface area contributed by atoms with Crippen LogP contribution in [0, 0.1) is 29.6 Å². The van der Waals surface area contributed by atoms with Crippen molar-refractivity contribution in [3.8, 4) is 17.9 Å². The van der Waals surface area contributed by atoms with E-state index in [9.17, 15) is 13.7 Å². The first-order chi connectivity index (χ1) is 11.9. The number of rotatable bonds is 5. The van der Waals surface area contributed by atoms with Crippen LogP contribution in [0.1, 0.15) is 16.7 Å². The first-order valence-electron chi connectivity index (χ1n) is 6.98. The normalized spacial score (nSPS) is 11.3. The SMILES string of the molecule is COc1ccc(/C(C#N)=N\OS(=O)(=O)c2ccc(C)cc2)cc1C#N. The van der Waals surface area contributed by atoms with Gasteiger partial charge in [0.1, 0.15) is 22.8 Å². The third-order valence-corrected chi connectivity index (χ3v) is 4.36. The summed E-state index contributed by atoms with van der Waals surface area (Å²) in [5, 5.41) is 21.7. The van der Waals surface area contributed by atoms with Gasteiger partial charge in [-0.15, -0.1) is 0 Å². The lowest BCUT2D eigenvalue weighted by atomic mass is 10.1. The van der Waals surface area contributed by atoms with E-state index in [4.69, 9.17) is 10.00 Å². The third-order valence-electron chi connectivity index (χ3n) is 3.24. The molecule has 0 aliphatic heterocycles. The van der Waals surface area contributed by atoms with E-state index < -0.39 is 10.1 Å². The molecule has 0 aliphatic rings. The Hall–Kier alpha value is -3.36. The van der Waals surface area contributed by atoms with Crippen molar-refractivity contribution < 1.29 is 17.4 Å². The van der Waals surface area contributed by atoms with Gasteiger partial charge in [-0.2, -0.15) is 18.9 Å². The molecule has 0 unspecified atom stereocenters. The summed E-state index contributed by atoms with van der Waals surface area (Å²) in [5.41, 5.74) is 1.03. The van der Waals surface area contributed by atoms with Crippen molar-refractivity contribution in [2.75, 3.05) is 7.11 Å². The maximum atomic E-state index is 12.1. The minimum atomic E-state index is -4.15. The molecule has 0 aliphatic carbocycles. The minimum absolute atomic E-state index is 0.0772. The summed E-state index contributed by atoms with van der Waals surface area (Å²) in [4.78, 5) is -0.0772. The molecule has 25 heavy (non-hydrogen) atoms. The standard InChI is InChI=1S/C17H13N3O4S/c1-12-3-6-15(7-4-12)25(21,22)24-20-16(11-19)13-5-8-17(23-2)14(9-13)10-18/h3-9H,1-2H3/b20-16-. The predicted octanol–water partition coefficient (Wildman–Crippen LogP) is 2.51. The Kier molecular flexibility index (Phi) is 5.38. The molecule has 0 heterocycles. The Balaban J connectivity index is 2.34. The fraction of sp³-hybridized carbons (Fsp3) is 0.118. The zero-order chi connectivity index (χ0) is 18.4. The Morgan fingerprint density at radius 2 is 1.80 bits per heavy atom. The largest absolute Gasteiger partial charge is 0.495 e. The van der Waals surface area contributed by atoms with Crippen molar-refractivity contribution in [3.05, 3.63) is 59.2 Å². The van der Waals surface area contributed by atoms with E-state index >= 15 is 0 Å². The summed E-state index contributed by atoms with van der Waals surface area (Å²) in [5.74, 6) is 0.330. The smallest absolute Gasteiger partial charge is 0.358 e. The predicted molar refractivity (Wildman–Crippen MR) is 89.3 cm³/mol. The lowest BCUT2D eigenvalue weighted by Crippen LogP contribution is -2.06. The van der Waals surface area contributed by atoms with Crippen LogP contribution in [0.4, 0.5) is 0 Å². The Morgan fingerprint density at radius 3 is 2.36 bits per heavy atom. The van der Waals surface area contributed by atoms with Crippen LogP contribution in [0.25, 0.3) is 0 Å². The zero-order valence-corrected chi connectivity index (χ0v) is 14.2. The molecule has 0 aromatic heterocycles. The van der Waals surface area contributed by atoms with Crippen molar-refractivity contribution in [3.63, 3.8) is 0 Å². The van der Waals surface area contributed by atoms with Gasteiger partial charge in [-0.05, 0) is 37.3 Å². The van der Waals surface area contributed by atoms with Crippen LogP contribution < -0.4 is 4.74 Å². The van der Waals surface area contributed by atoms with Gasteiger partial charge < -0.3 is 4.74 Å². The molecule has 0 atom stereocenters. The molecule has 0 N–H and O–H groups in total. The maximum Gasteiger partial charge on any atom is 0.358 e. The monoisotopic (exact) mass is 355 g/mol. The molecule has 126 valence electrons. The summed E-state index contributed by atoms with van der Waals surface area (Å²) in [6.45, 7) is 1.82. The Morgan fingerprint density at radius 1 is 1.12 bits per heavy atom. The van der Waals surface area contributed by atoms with Crippen LogP contribution in [-0.4, -0.2) is 21.2 Å². The molecule has 0 fully saturated rings. The molecule has 7 nitrogen and oxygen atoms in total. The summed E-state index contributed by atoms with van der Waals surface area (Å²) in [6, 6.07) is 14.0. The van der Waals surface area contributed by atoms with Crippen molar-refractivity contribution in [2.45, 2.75) is 11.8 Å². The van der Waals surface area contributed by atoms with Gasteiger partial charge in [0.2, 0.25) is 0 Å². The molecule has 0 bridgehead atoms. The van der Waals surface area contributed by atoms with Crippen molar-refractivity contribution in [1.29, 1.82) is 10.5 Å². The van der Waals surface area contributed by atoms with E-state index in [1.807, 2.05) is 13.0 Å². The number of nitrogens with zero attached hydrogens (tertiary/aromatic N) is 3. The maximum absolute atomic E-state index is 12.1. The molecular weight excluding hydrogens is 342 g/mol. The number of hydrogen-bond donors (Lipinski definition) is 0. The highest BCUT2D eigenvalue weighted by Gasteiger charge is 2.17. The highest BCUT2D eigenvalue weighted by Crippen LogP contribution is 2.20. The van der Waals surface area contributed by atoms with E-state index in [1.54, 1.807) is 18.2 Å². The molecule has 2 aromatic rings. The van der Waals surface area contributed by atoms with Gasteiger partial charge in [-0.3, -0.25) is 4.28 Å². The second kappa shape index (κ2) is 7.47. The van der Waals surface area contributed by atoms with Gasteiger partial charge in [0.05, 0.1) is 12.7 Å². The average molecular weight is 355 g/mol. The van der Waals surface area contributed by atoms with E-state index in [2.05, 4.69) is 9.44 Å². The van der Waals surface area contributed by atoms with Gasteiger partial charge in [0.25, 0.3) is 0 Å². The second-order valence-corrected chi connectivity index (χ2v) is 6.45. The molecule has 8 heteroatoms. The number of oxime groups is 1. The molecule has 2 aromatic carbocycles. The van der Waals surface area contributed by atoms with Crippen molar-refractivity contribution in [1.82, 2.24) is 0 Å². The van der Waals surface area contributed by atoms with Crippen LogP contribution in [0.2, 0.25) is 0 Å². The van der Waals surface area contributed by atoms with Crippen molar-refractivity contribution in [2.24, 2.45) is 5.16 Å². The van der Waals surface area contributed by atoms with Gasteiger partial charge in [0, 0.05) is 5.56 Å². The van der Waals surface area contributed by atoms with Gasteiger partial charge in [-0.1, -0.05) is 22.9 Å². The Bertz CT molecular complexity index is 998. The fourth-order valence-corrected chi connectivity index (χ4v) is 2.64. The van der Waals surface area contributed by atoms with Crippen LogP contribution in [0.5, 0.6) is 5.75 Å². The van der Waals surface area contributed by atoms with E-state index in [0.29, 0.717) is 5.75 Å². The third kappa shape index (κ3) is 4.14. The summed E-state index contributed by atoms with van der Waals surface area (Å²) in [7, 11) is -2.74. The minimum Gasteiger partial charge on any atom is -0.495 e. The fourth-order valence-electron chi connectivity index (χ4n) is 1.91. The van der Waals surface area contributed by atoms with Crippen LogP contribution in [-0.2, 0) is 14.4 Å². The molecular formula is C17H13N3O4S. The lowest BCUT2D eigenvalue weighted by Gasteiger charge is -2.05. The van der Waals surface area contributed by atoms with Gasteiger partial charge >= 0.3 is 10.1 Å². The van der Waals surface area contributed by atoms with E-state index in [-0.39, 0.29) is 21.7 Å². The molecule has 0 saturated heterocycles. The summed E-state index contributed by atoms with van der Waals surface area (Å²) < 4.78 is 33.8. The van der Waals surface area contributed by atoms with E-state index in [0.717, 1.165) is 5.56 Å².